The van der Waals surface area contributed by atoms with Gasteiger partial charge < -0.3 is 10.6 Å². The van der Waals surface area contributed by atoms with Crippen LogP contribution in [0.25, 0.3) is 0 Å². The standard InChI is InChI=1S/C14H19N3O/c1-11(17-14(18)4-3-9-16-2)13-7-5-12(10-15)6-8-13/h5-8,11,16H,3-4,9H2,1-2H3,(H,17,18). The van der Waals surface area contributed by atoms with Crippen molar-refractivity contribution in [3.8, 4) is 6.07 Å². The van der Waals surface area contributed by atoms with Crippen LogP contribution in [0.5, 0.6) is 0 Å². The molecule has 0 saturated carbocycles. The molecule has 0 spiro atoms. The first-order valence-electron chi connectivity index (χ1n) is 6.11. The first kappa shape index (κ1) is 14.2. The van der Waals surface area contributed by atoms with Gasteiger partial charge >= 0.3 is 0 Å². The van der Waals surface area contributed by atoms with E-state index in [-0.39, 0.29) is 11.9 Å². The van der Waals surface area contributed by atoms with Gasteiger partial charge in [-0.2, -0.15) is 5.26 Å². The topological polar surface area (TPSA) is 64.9 Å². The summed E-state index contributed by atoms with van der Waals surface area (Å²) in [7, 11) is 1.87. The van der Waals surface area contributed by atoms with Crippen LogP contribution in [0.2, 0.25) is 0 Å². The molecule has 0 aliphatic rings. The van der Waals surface area contributed by atoms with Crippen LogP contribution in [-0.2, 0) is 4.79 Å². The van der Waals surface area contributed by atoms with Crippen LogP contribution in [0.3, 0.4) is 0 Å². The molecule has 0 aliphatic heterocycles. The highest BCUT2D eigenvalue weighted by Crippen LogP contribution is 2.13. The number of amides is 1. The number of carbonyl (C=O) groups is 1. The molecule has 96 valence electrons. The lowest BCUT2D eigenvalue weighted by Crippen LogP contribution is -2.27. The van der Waals surface area contributed by atoms with E-state index in [2.05, 4.69) is 16.7 Å². The van der Waals surface area contributed by atoms with Crippen LogP contribution >= 0.6 is 0 Å². The van der Waals surface area contributed by atoms with Crippen LogP contribution in [-0.4, -0.2) is 19.5 Å². The quantitative estimate of drug-likeness (QED) is 0.750. The lowest BCUT2D eigenvalue weighted by Gasteiger charge is -2.14. The Morgan fingerprint density at radius 3 is 2.61 bits per heavy atom. The van der Waals surface area contributed by atoms with Crippen molar-refractivity contribution >= 4 is 5.91 Å². The maximum atomic E-state index is 11.6. The maximum Gasteiger partial charge on any atom is 0.220 e. The summed E-state index contributed by atoms with van der Waals surface area (Å²) in [5.74, 6) is 0.0575. The Kier molecular flexibility index (Phi) is 5.89. The Balaban J connectivity index is 2.46. The third kappa shape index (κ3) is 4.56. The summed E-state index contributed by atoms with van der Waals surface area (Å²) in [5, 5.41) is 14.7. The summed E-state index contributed by atoms with van der Waals surface area (Å²) in [6.07, 6.45) is 1.36. The van der Waals surface area contributed by atoms with Crippen LogP contribution in [0.15, 0.2) is 24.3 Å². The minimum Gasteiger partial charge on any atom is -0.350 e. The van der Waals surface area contributed by atoms with E-state index in [1.54, 1.807) is 12.1 Å². The lowest BCUT2D eigenvalue weighted by molar-refractivity contribution is -0.121. The van der Waals surface area contributed by atoms with Crippen molar-refractivity contribution in [2.75, 3.05) is 13.6 Å². The molecular weight excluding hydrogens is 226 g/mol. The molecule has 1 rings (SSSR count). The number of hydrogen-bond donors (Lipinski definition) is 2. The number of hydrogen-bond acceptors (Lipinski definition) is 3. The van der Waals surface area contributed by atoms with Gasteiger partial charge in [0.25, 0.3) is 0 Å². The fourth-order valence-electron chi connectivity index (χ4n) is 1.67. The highest BCUT2D eigenvalue weighted by Gasteiger charge is 2.08. The second-order valence-electron chi connectivity index (χ2n) is 4.23. The van der Waals surface area contributed by atoms with Crippen LogP contribution in [0.4, 0.5) is 0 Å². The van der Waals surface area contributed by atoms with E-state index in [0.717, 1.165) is 18.5 Å². The molecule has 2 N–H and O–H groups in total. The minimum atomic E-state index is -0.0279. The van der Waals surface area contributed by atoms with Crippen molar-refractivity contribution < 1.29 is 4.79 Å². The van der Waals surface area contributed by atoms with E-state index < -0.39 is 0 Å². The van der Waals surface area contributed by atoms with Crippen LogP contribution in [0.1, 0.15) is 36.9 Å². The molecule has 1 amide bonds. The monoisotopic (exact) mass is 245 g/mol. The van der Waals surface area contributed by atoms with Gasteiger partial charge in [0.05, 0.1) is 17.7 Å². The van der Waals surface area contributed by atoms with Gasteiger partial charge in [-0.05, 0) is 44.6 Å². The van der Waals surface area contributed by atoms with E-state index in [9.17, 15) is 4.79 Å². The van der Waals surface area contributed by atoms with E-state index in [1.807, 2.05) is 26.1 Å². The molecular formula is C14H19N3O. The summed E-state index contributed by atoms with van der Waals surface area (Å²) < 4.78 is 0. The third-order valence-corrected chi connectivity index (χ3v) is 2.75. The number of nitrogens with one attached hydrogen (secondary N) is 2. The van der Waals surface area contributed by atoms with Crippen molar-refractivity contribution in [3.63, 3.8) is 0 Å². The third-order valence-electron chi connectivity index (χ3n) is 2.75. The number of benzene rings is 1. The van der Waals surface area contributed by atoms with E-state index in [1.165, 1.54) is 0 Å². The molecule has 0 aromatic heterocycles. The molecule has 0 saturated heterocycles. The van der Waals surface area contributed by atoms with Gasteiger partial charge in [0.1, 0.15) is 0 Å². The summed E-state index contributed by atoms with van der Waals surface area (Å²) in [6, 6.07) is 9.32. The summed E-state index contributed by atoms with van der Waals surface area (Å²) in [6.45, 7) is 2.79. The molecule has 18 heavy (non-hydrogen) atoms. The van der Waals surface area contributed by atoms with Crippen LogP contribution in [0, 0.1) is 11.3 Å². The zero-order valence-corrected chi connectivity index (χ0v) is 10.9. The minimum absolute atomic E-state index is 0.0279. The fraction of sp³-hybridized carbons (Fsp3) is 0.429. The molecule has 0 radical (unpaired) electrons. The molecule has 4 heteroatoms. The zero-order chi connectivity index (χ0) is 13.4. The van der Waals surface area contributed by atoms with Crippen molar-refractivity contribution in [3.05, 3.63) is 35.4 Å². The van der Waals surface area contributed by atoms with Crippen molar-refractivity contribution in [2.24, 2.45) is 0 Å². The highest BCUT2D eigenvalue weighted by atomic mass is 16.1. The van der Waals surface area contributed by atoms with Gasteiger partial charge in [-0.15, -0.1) is 0 Å². The lowest BCUT2D eigenvalue weighted by atomic mass is 10.1. The van der Waals surface area contributed by atoms with Gasteiger partial charge in [0.2, 0.25) is 5.91 Å². The Labute approximate surface area is 108 Å². The predicted molar refractivity (Wildman–Crippen MR) is 70.9 cm³/mol. The second-order valence-corrected chi connectivity index (χ2v) is 4.23. The van der Waals surface area contributed by atoms with Gasteiger partial charge in [0, 0.05) is 6.42 Å². The van der Waals surface area contributed by atoms with E-state index in [4.69, 9.17) is 5.26 Å². The smallest absolute Gasteiger partial charge is 0.220 e. The Hall–Kier alpha value is -1.86. The molecule has 1 atom stereocenters. The average molecular weight is 245 g/mol. The van der Waals surface area contributed by atoms with E-state index >= 15 is 0 Å². The van der Waals surface area contributed by atoms with Crippen molar-refractivity contribution in [1.82, 2.24) is 10.6 Å². The van der Waals surface area contributed by atoms with Crippen molar-refractivity contribution in [1.29, 1.82) is 5.26 Å². The highest BCUT2D eigenvalue weighted by molar-refractivity contribution is 5.76. The van der Waals surface area contributed by atoms with Gasteiger partial charge in [-0.3, -0.25) is 4.79 Å². The van der Waals surface area contributed by atoms with Crippen LogP contribution < -0.4 is 10.6 Å². The first-order chi connectivity index (χ1) is 8.67. The molecule has 1 unspecified atom stereocenters. The Bertz CT molecular complexity index is 420. The fourth-order valence-corrected chi connectivity index (χ4v) is 1.67. The van der Waals surface area contributed by atoms with Crippen molar-refractivity contribution in [2.45, 2.75) is 25.8 Å². The number of nitriles is 1. The molecule has 1 aromatic carbocycles. The molecule has 0 fully saturated rings. The largest absolute Gasteiger partial charge is 0.350 e. The molecule has 0 aliphatic carbocycles. The normalized spacial score (nSPS) is 11.6. The second kappa shape index (κ2) is 7.46. The van der Waals surface area contributed by atoms with Gasteiger partial charge in [-0.25, -0.2) is 0 Å². The average Bonchev–Trinajstić information content (AvgIpc) is 2.39. The summed E-state index contributed by atoms with van der Waals surface area (Å²) in [5.41, 5.74) is 1.64. The number of nitrogens with zero attached hydrogens (tertiary/aromatic N) is 1. The van der Waals surface area contributed by atoms with E-state index in [0.29, 0.717) is 12.0 Å². The SMILES string of the molecule is CNCCCC(=O)NC(C)c1ccc(C#N)cc1. The van der Waals surface area contributed by atoms with Gasteiger partial charge in [0.15, 0.2) is 0 Å². The maximum absolute atomic E-state index is 11.6. The number of carbonyl (C=O) groups excluding carboxylic acids is 1. The Morgan fingerprint density at radius 2 is 2.06 bits per heavy atom. The molecule has 0 heterocycles. The predicted octanol–water partition coefficient (Wildman–Crippen LogP) is 1.74. The number of rotatable bonds is 6. The molecule has 4 nitrogen and oxygen atoms in total. The summed E-state index contributed by atoms with van der Waals surface area (Å²) in [4.78, 5) is 11.6. The van der Waals surface area contributed by atoms with Gasteiger partial charge in [-0.1, -0.05) is 12.1 Å². The first-order valence-corrected chi connectivity index (χ1v) is 6.11. The molecule has 0 bridgehead atoms. The summed E-state index contributed by atoms with van der Waals surface area (Å²) >= 11 is 0. The molecule has 1 aromatic rings. The Morgan fingerprint density at radius 1 is 1.39 bits per heavy atom. The zero-order valence-electron chi connectivity index (χ0n) is 10.9.